The first-order valence-electron chi connectivity index (χ1n) is 7.33. The number of anilines is 1. The number of halogens is 3. The van der Waals surface area contributed by atoms with E-state index in [2.05, 4.69) is 26.1 Å². The highest BCUT2D eigenvalue weighted by Gasteiger charge is 2.36. The van der Waals surface area contributed by atoms with Crippen molar-refractivity contribution >= 4 is 5.69 Å². The van der Waals surface area contributed by atoms with Crippen LogP contribution in [-0.4, -0.2) is 25.2 Å². The first-order chi connectivity index (χ1) is 9.67. The van der Waals surface area contributed by atoms with Gasteiger partial charge in [0.2, 0.25) is 0 Å². The lowest BCUT2D eigenvalue weighted by molar-refractivity contribution is -0.137. The van der Waals surface area contributed by atoms with Gasteiger partial charge in [-0.05, 0) is 45.2 Å². The lowest BCUT2D eigenvalue weighted by Gasteiger charge is -2.25. The minimum atomic E-state index is -4.29. The van der Waals surface area contributed by atoms with Crippen molar-refractivity contribution in [1.82, 2.24) is 5.32 Å². The van der Waals surface area contributed by atoms with Gasteiger partial charge in [0.15, 0.2) is 0 Å². The van der Waals surface area contributed by atoms with E-state index < -0.39 is 11.7 Å². The molecule has 1 N–H and O–H groups in total. The van der Waals surface area contributed by atoms with Crippen LogP contribution in [0.3, 0.4) is 0 Å². The van der Waals surface area contributed by atoms with Crippen LogP contribution >= 0.6 is 0 Å². The number of alkyl halides is 3. The highest BCUT2D eigenvalue weighted by Crippen LogP contribution is 2.38. The van der Waals surface area contributed by atoms with E-state index >= 15 is 0 Å². The summed E-state index contributed by atoms with van der Waals surface area (Å²) in [4.78, 5) is 1.86. The summed E-state index contributed by atoms with van der Waals surface area (Å²) in [5.74, 6) is 0.394. The van der Waals surface area contributed by atoms with E-state index in [9.17, 15) is 13.2 Å². The third-order valence-electron chi connectivity index (χ3n) is 3.76. The second kappa shape index (κ2) is 5.87. The molecule has 1 aliphatic rings. The fourth-order valence-corrected chi connectivity index (χ4v) is 2.66. The fraction of sp³-hybridized carbons (Fsp3) is 0.625. The van der Waals surface area contributed by atoms with Crippen LogP contribution in [0.2, 0.25) is 0 Å². The first-order valence-corrected chi connectivity index (χ1v) is 7.33. The van der Waals surface area contributed by atoms with Crippen molar-refractivity contribution < 1.29 is 13.2 Å². The predicted octanol–water partition coefficient (Wildman–Crippen LogP) is 3.92. The van der Waals surface area contributed by atoms with Crippen molar-refractivity contribution in [1.29, 1.82) is 0 Å². The Labute approximate surface area is 124 Å². The second-order valence-corrected chi connectivity index (χ2v) is 6.75. The zero-order chi connectivity index (χ0) is 15.7. The number of nitrogens with zero attached hydrogens (tertiary/aromatic N) is 1. The molecule has 1 unspecified atom stereocenters. The number of hydrogen-bond donors (Lipinski definition) is 1. The van der Waals surface area contributed by atoms with Crippen molar-refractivity contribution in [2.75, 3.05) is 24.5 Å². The van der Waals surface area contributed by atoms with Crippen LogP contribution in [0.25, 0.3) is 0 Å². The van der Waals surface area contributed by atoms with Crippen molar-refractivity contribution in [3.8, 4) is 0 Å². The number of para-hydroxylation sites is 1. The molecular formula is C16H23F3N2. The third-order valence-corrected chi connectivity index (χ3v) is 3.76. The standard InChI is InChI=1S/C16H23F3N2/c1-15(2,3)20-10-12-8-9-21(11-12)14-7-5-4-6-13(14)16(17,18)19/h4-7,12,20H,8-11H2,1-3H3. The highest BCUT2D eigenvalue weighted by molar-refractivity contribution is 5.55. The molecule has 1 atom stereocenters. The van der Waals surface area contributed by atoms with Gasteiger partial charge in [0, 0.05) is 30.9 Å². The molecule has 0 saturated carbocycles. The van der Waals surface area contributed by atoms with Crippen molar-refractivity contribution in [2.45, 2.75) is 38.9 Å². The Bertz CT molecular complexity index is 477. The van der Waals surface area contributed by atoms with Crippen LogP contribution in [0.15, 0.2) is 24.3 Å². The van der Waals surface area contributed by atoms with Crippen molar-refractivity contribution in [3.63, 3.8) is 0 Å². The lowest BCUT2D eigenvalue weighted by Crippen LogP contribution is -2.39. The van der Waals surface area contributed by atoms with E-state index in [0.717, 1.165) is 19.0 Å². The average Bonchev–Trinajstić information content (AvgIpc) is 2.83. The molecule has 1 aromatic rings. The van der Waals surface area contributed by atoms with Gasteiger partial charge >= 0.3 is 6.18 Å². The summed E-state index contributed by atoms with van der Waals surface area (Å²) in [7, 11) is 0. The van der Waals surface area contributed by atoms with Gasteiger partial charge in [-0.15, -0.1) is 0 Å². The van der Waals surface area contributed by atoms with E-state index in [1.165, 1.54) is 6.07 Å². The summed E-state index contributed by atoms with van der Waals surface area (Å²) in [6, 6.07) is 5.85. The topological polar surface area (TPSA) is 15.3 Å². The van der Waals surface area contributed by atoms with Gasteiger partial charge in [-0.25, -0.2) is 0 Å². The summed E-state index contributed by atoms with van der Waals surface area (Å²) < 4.78 is 39.2. The number of nitrogens with one attached hydrogen (secondary N) is 1. The molecule has 5 heteroatoms. The third kappa shape index (κ3) is 4.37. The van der Waals surface area contributed by atoms with Gasteiger partial charge in [-0.2, -0.15) is 13.2 Å². The molecule has 0 aliphatic carbocycles. The van der Waals surface area contributed by atoms with Gasteiger partial charge in [-0.3, -0.25) is 0 Å². The Morgan fingerprint density at radius 3 is 2.48 bits per heavy atom. The molecule has 0 bridgehead atoms. The molecule has 1 heterocycles. The molecule has 1 saturated heterocycles. The molecule has 1 fully saturated rings. The van der Waals surface area contributed by atoms with E-state index in [1.807, 2.05) is 4.90 Å². The Balaban J connectivity index is 2.05. The molecule has 0 radical (unpaired) electrons. The first kappa shape index (κ1) is 16.1. The highest BCUT2D eigenvalue weighted by atomic mass is 19.4. The quantitative estimate of drug-likeness (QED) is 0.910. The molecule has 2 rings (SSSR count). The van der Waals surface area contributed by atoms with E-state index in [-0.39, 0.29) is 5.54 Å². The molecule has 0 aromatic heterocycles. The molecule has 21 heavy (non-hydrogen) atoms. The number of rotatable bonds is 3. The Hall–Kier alpha value is -1.23. The monoisotopic (exact) mass is 300 g/mol. The molecule has 1 aromatic carbocycles. The van der Waals surface area contributed by atoms with E-state index in [4.69, 9.17) is 0 Å². The zero-order valence-electron chi connectivity index (χ0n) is 12.8. The van der Waals surface area contributed by atoms with Crippen molar-refractivity contribution in [2.24, 2.45) is 5.92 Å². The molecule has 2 nitrogen and oxygen atoms in total. The van der Waals surface area contributed by atoms with Gasteiger partial charge in [0.1, 0.15) is 0 Å². The summed E-state index contributed by atoms with van der Waals surface area (Å²) in [6.07, 6.45) is -3.37. The van der Waals surface area contributed by atoms with Crippen LogP contribution < -0.4 is 10.2 Å². The largest absolute Gasteiger partial charge is 0.418 e. The SMILES string of the molecule is CC(C)(C)NCC1CCN(c2ccccc2C(F)(F)F)C1. The average molecular weight is 300 g/mol. The maximum absolute atomic E-state index is 13.1. The fourth-order valence-electron chi connectivity index (χ4n) is 2.66. The maximum atomic E-state index is 13.1. The van der Waals surface area contributed by atoms with Gasteiger partial charge < -0.3 is 10.2 Å². The van der Waals surface area contributed by atoms with Gasteiger partial charge in [0.25, 0.3) is 0 Å². The summed E-state index contributed by atoms with van der Waals surface area (Å²) in [5.41, 5.74) is -0.185. The molecule has 0 spiro atoms. The van der Waals surface area contributed by atoms with Gasteiger partial charge in [0.05, 0.1) is 5.56 Å². The Morgan fingerprint density at radius 1 is 1.19 bits per heavy atom. The molecular weight excluding hydrogens is 277 g/mol. The van der Waals surface area contributed by atoms with Crippen LogP contribution in [0, 0.1) is 5.92 Å². The Kier molecular flexibility index (Phi) is 4.51. The minimum Gasteiger partial charge on any atom is -0.371 e. The van der Waals surface area contributed by atoms with Crippen LogP contribution in [0.1, 0.15) is 32.8 Å². The van der Waals surface area contributed by atoms with Crippen LogP contribution in [-0.2, 0) is 6.18 Å². The zero-order valence-corrected chi connectivity index (χ0v) is 12.8. The lowest BCUT2D eigenvalue weighted by atomic mass is 10.1. The minimum absolute atomic E-state index is 0.0390. The summed E-state index contributed by atoms with van der Waals surface area (Å²) in [6.45, 7) is 8.49. The second-order valence-electron chi connectivity index (χ2n) is 6.75. The Morgan fingerprint density at radius 2 is 1.86 bits per heavy atom. The maximum Gasteiger partial charge on any atom is 0.418 e. The molecule has 0 amide bonds. The smallest absolute Gasteiger partial charge is 0.371 e. The summed E-state index contributed by atoms with van der Waals surface area (Å²) in [5, 5.41) is 3.43. The predicted molar refractivity (Wildman–Crippen MR) is 79.5 cm³/mol. The molecule has 1 aliphatic heterocycles. The van der Waals surface area contributed by atoms with E-state index in [0.29, 0.717) is 24.7 Å². The molecule has 118 valence electrons. The van der Waals surface area contributed by atoms with Gasteiger partial charge in [-0.1, -0.05) is 12.1 Å². The van der Waals surface area contributed by atoms with Crippen molar-refractivity contribution in [3.05, 3.63) is 29.8 Å². The summed E-state index contributed by atoms with van der Waals surface area (Å²) >= 11 is 0. The number of benzene rings is 1. The normalized spacial score (nSPS) is 20.1. The number of hydrogen-bond acceptors (Lipinski definition) is 2. The van der Waals surface area contributed by atoms with Crippen LogP contribution in [0.4, 0.5) is 18.9 Å². The van der Waals surface area contributed by atoms with Crippen LogP contribution in [0.5, 0.6) is 0 Å². The van der Waals surface area contributed by atoms with E-state index in [1.54, 1.807) is 12.1 Å².